The molecule has 1 unspecified atom stereocenters. The van der Waals surface area contributed by atoms with Crippen LogP contribution in [0.1, 0.15) is 63.1 Å². The van der Waals surface area contributed by atoms with Crippen LogP contribution in [0.15, 0.2) is 30.9 Å². The van der Waals surface area contributed by atoms with Crippen molar-refractivity contribution in [3.63, 3.8) is 0 Å². The first-order valence-corrected chi connectivity index (χ1v) is 9.78. The van der Waals surface area contributed by atoms with Gasteiger partial charge in [-0.15, -0.1) is 0 Å². The lowest BCUT2D eigenvalue weighted by Gasteiger charge is -2.46. The molecule has 2 nitrogen and oxygen atoms in total. The molecule has 0 aromatic heterocycles. The van der Waals surface area contributed by atoms with Crippen LogP contribution in [0, 0.1) is 18.3 Å². The second-order valence-electron chi connectivity index (χ2n) is 7.56. The molecule has 1 aromatic rings. The second-order valence-corrected chi connectivity index (χ2v) is 7.56. The van der Waals surface area contributed by atoms with Crippen molar-refractivity contribution in [1.29, 1.82) is 0 Å². The Kier molecular flexibility index (Phi) is 5.22. The molecule has 1 saturated heterocycles. The van der Waals surface area contributed by atoms with Gasteiger partial charge in [0.2, 0.25) is 0 Å². The first-order chi connectivity index (χ1) is 12.1. The van der Waals surface area contributed by atoms with Gasteiger partial charge in [0.25, 0.3) is 0 Å². The van der Waals surface area contributed by atoms with Crippen molar-refractivity contribution in [1.82, 2.24) is 0 Å². The first-order valence-electron chi connectivity index (χ1n) is 9.78. The highest BCUT2D eigenvalue weighted by molar-refractivity contribution is 5.74. The maximum Gasteiger partial charge on any atom is 0.168 e. The summed E-state index contributed by atoms with van der Waals surface area (Å²) in [6.45, 7) is 14.0. The molecule has 2 atom stereocenters. The third-order valence-electron chi connectivity index (χ3n) is 6.32. The molecule has 1 saturated carbocycles. The summed E-state index contributed by atoms with van der Waals surface area (Å²) >= 11 is 0. The number of hydrogen-bond donors (Lipinski definition) is 0. The molecule has 136 valence electrons. The fourth-order valence-electron chi connectivity index (χ4n) is 4.83. The van der Waals surface area contributed by atoms with Crippen molar-refractivity contribution in [2.45, 2.75) is 59.2 Å². The molecule has 4 rings (SSSR count). The summed E-state index contributed by atoms with van der Waals surface area (Å²) in [5.74, 6) is 0.347. The Morgan fingerprint density at radius 1 is 1.16 bits per heavy atom. The van der Waals surface area contributed by atoms with E-state index < -0.39 is 0 Å². The van der Waals surface area contributed by atoms with Crippen LogP contribution >= 0.6 is 0 Å². The van der Waals surface area contributed by atoms with Crippen LogP contribution in [0.4, 0.5) is 0 Å². The maximum absolute atomic E-state index is 5.97. The van der Waals surface area contributed by atoms with Gasteiger partial charge < -0.3 is 9.47 Å². The van der Waals surface area contributed by atoms with E-state index in [1.54, 1.807) is 0 Å². The number of rotatable bonds is 2. The summed E-state index contributed by atoms with van der Waals surface area (Å²) in [6.07, 6.45) is 8.73. The molecular weight excluding hydrogens is 308 g/mol. The highest BCUT2D eigenvalue weighted by Gasteiger charge is 2.53. The molecule has 0 bridgehead atoms. The number of allylic oxidation sites excluding steroid dienone is 2. The van der Waals surface area contributed by atoms with Crippen molar-refractivity contribution >= 4 is 11.6 Å². The van der Waals surface area contributed by atoms with Gasteiger partial charge in [-0.05, 0) is 53.4 Å². The smallest absolute Gasteiger partial charge is 0.168 e. The van der Waals surface area contributed by atoms with E-state index in [-0.39, 0.29) is 11.2 Å². The maximum atomic E-state index is 5.97. The fourth-order valence-corrected chi connectivity index (χ4v) is 4.83. The molecule has 2 fully saturated rings. The van der Waals surface area contributed by atoms with Crippen LogP contribution in [-0.4, -0.2) is 19.0 Å². The van der Waals surface area contributed by atoms with Crippen molar-refractivity contribution in [2.75, 3.05) is 13.2 Å². The summed E-state index contributed by atoms with van der Waals surface area (Å²) in [5.41, 5.74) is 5.68. The van der Waals surface area contributed by atoms with Crippen molar-refractivity contribution in [3.8, 4) is 0 Å². The van der Waals surface area contributed by atoms with E-state index in [9.17, 15) is 0 Å². The predicted octanol–water partition coefficient (Wildman–Crippen LogP) is 6.00. The van der Waals surface area contributed by atoms with Crippen LogP contribution in [-0.2, 0) is 9.47 Å². The largest absolute Gasteiger partial charge is 0.348 e. The van der Waals surface area contributed by atoms with Crippen molar-refractivity contribution < 1.29 is 9.47 Å². The highest BCUT2D eigenvalue weighted by atomic mass is 16.7. The number of ether oxygens (including phenoxy) is 2. The molecule has 2 heteroatoms. The molecule has 0 radical (unpaired) electrons. The van der Waals surface area contributed by atoms with Crippen molar-refractivity contribution in [2.24, 2.45) is 11.3 Å². The number of fused-ring (bicyclic) bond motifs is 1. The Morgan fingerprint density at radius 3 is 2.52 bits per heavy atom. The molecular formula is C23H32O2. The minimum Gasteiger partial charge on any atom is -0.348 e. The lowest BCUT2D eigenvalue weighted by molar-refractivity contribution is -0.198. The molecule has 1 aliphatic heterocycles. The van der Waals surface area contributed by atoms with Crippen LogP contribution in [0.25, 0.3) is 11.6 Å². The van der Waals surface area contributed by atoms with Crippen LogP contribution < -0.4 is 0 Å². The van der Waals surface area contributed by atoms with Gasteiger partial charge in [-0.25, -0.2) is 0 Å². The second kappa shape index (κ2) is 7.09. The Balaban J connectivity index is 0.000000880. The van der Waals surface area contributed by atoms with Crippen LogP contribution in [0.2, 0.25) is 0 Å². The van der Waals surface area contributed by atoms with Gasteiger partial charge in [-0.3, -0.25) is 0 Å². The molecule has 3 aliphatic rings. The lowest BCUT2D eigenvalue weighted by atomic mass is 9.63. The molecule has 2 aliphatic carbocycles. The predicted molar refractivity (Wildman–Crippen MR) is 105 cm³/mol. The molecule has 1 heterocycles. The molecule has 25 heavy (non-hydrogen) atoms. The van der Waals surface area contributed by atoms with Gasteiger partial charge in [0.15, 0.2) is 5.79 Å². The fraction of sp³-hybridized carbons (Fsp3) is 0.565. The highest BCUT2D eigenvalue weighted by Crippen LogP contribution is 2.59. The van der Waals surface area contributed by atoms with E-state index in [1.165, 1.54) is 22.3 Å². The van der Waals surface area contributed by atoms with Gasteiger partial charge in [0.1, 0.15) is 0 Å². The molecule has 0 N–H and O–H groups in total. The minimum absolute atomic E-state index is 0.253. The Bertz CT molecular complexity index is 667. The van der Waals surface area contributed by atoms with E-state index in [2.05, 4.69) is 44.7 Å². The minimum atomic E-state index is -0.282. The monoisotopic (exact) mass is 340 g/mol. The summed E-state index contributed by atoms with van der Waals surface area (Å²) < 4.78 is 11.9. The van der Waals surface area contributed by atoms with Gasteiger partial charge in [-0.1, -0.05) is 57.7 Å². The zero-order chi connectivity index (χ0) is 18.1. The normalized spacial score (nSPS) is 29.6. The third kappa shape index (κ3) is 3.11. The summed E-state index contributed by atoms with van der Waals surface area (Å²) in [6, 6.07) is 6.78. The molecule has 0 amide bonds. The van der Waals surface area contributed by atoms with E-state index in [1.807, 2.05) is 19.9 Å². The lowest BCUT2D eigenvalue weighted by Crippen LogP contribution is -2.43. The average Bonchev–Trinajstić information content (AvgIpc) is 3.22. The average molecular weight is 341 g/mol. The number of aryl methyl sites for hydroxylation is 1. The van der Waals surface area contributed by atoms with Gasteiger partial charge in [0, 0.05) is 12.8 Å². The van der Waals surface area contributed by atoms with Gasteiger partial charge in [-0.2, -0.15) is 0 Å². The first kappa shape index (κ1) is 18.4. The Labute approximate surface area is 152 Å². The number of hydrogen-bond acceptors (Lipinski definition) is 2. The summed E-state index contributed by atoms with van der Waals surface area (Å²) in [7, 11) is 0. The topological polar surface area (TPSA) is 18.5 Å². The Morgan fingerprint density at radius 2 is 1.88 bits per heavy atom. The SMILES string of the molecule is C=Cc1ccc(C2=CCC3CC4(CC[C@]23C)OCCO4)cc1C.CC. The standard InChI is InChI=1S/C21H26O2.C2H6/c1-4-16-5-6-17(13-15(16)2)19-8-7-18-14-21(22-11-12-23-21)10-9-20(18,19)3;1-2/h4-6,8,13,18H,1,7,9-12,14H2,2-3H3;1-2H3/t18?,20-;/m0./s1. The zero-order valence-corrected chi connectivity index (χ0v) is 16.2. The van der Waals surface area contributed by atoms with Crippen molar-refractivity contribution in [3.05, 3.63) is 47.5 Å². The quantitative estimate of drug-likeness (QED) is 0.657. The van der Waals surface area contributed by atoms with E-state index >= 15 is 0 Å². The van der Waals surface area contributed by atoms with Gasteiger partial charge in [0.05, 0.1) is 13.2 Å². The van der Waals surface area contributed by atoms with E-state index in [0.717, 1.165) is 38.9 Å². The Hall–Kier alpha value is -1.38. The number of benzene rings is 1. The molecule has 1 aromatic carbocycles. The van der Waals surface area contributed by atoms with E-state index in [4.69, 9.17) is 9.47 Å². The zero-order valence-electron chi connectivity index (χ0n) is 16.2. The third-order valence-corrected chi connectivity index (χ3v) is 6.32. The van der Waals surface area contributed by atoms with Gasteiger partial charge >= 0.3 is 0 Å². The van der Waals surface area contributed by atoms with Crippen LogP contribution in [0.5, 0.6) is 0 Å². The summed E-state index contributed by atoms with van der Waals surface area (Å²) in [5, 5.41) is 0. The molecule has 1 spiro atoms. The van der Waals surface area contributed by atoms with E-state index in [0.29, 0.717) is 5.92 Å². The van der Waals surface area contributed by atoms with Crippen LogP contribution in [0.3, 0.4) is 0 Å². The summed E-state index contributed by atoms with van der Waals surface area (Å²) in [4.78, 5) is 0.